The second-order valence-electron chi connectivity index (χ2n) is 3.34. The van der Waals surface area contributed by atoms with Gasteiger partial charge in [0.05, 0.1) is 12.1 Å². The summed E-state index contributed by atoms with van der Waals surface area (Å²) in [4.78, 5) is 10.8. The molecule has 0 bridgehead atoms. The van der Waals surface area contributed by atoms with Crippen LogP contribution in [0.5, 0.6) is 0 Å². The molecule has 82 valence electrons. The average molecular weight is 209 g/mol. The molecule has 0 saturated carbocycles. The summed E-state index contributed by atoms with van der Waals surface area (Å²) in [5, 5.41) is 11.2. The lowest BCUT2D eigenvalue weighted by Gasteiger charge is -2.36. The number of hydrogen-bond donors (Lipinski definition) is 2. The minimum Gasteiger partial charge on any atom is -0.394 e. The van der Waals surface area contributed by atoms with Gasteiger partial charge in [0.15, 0.2) is 0 Å². The summed E-state index contributed by atoms with van der Waals surface area (Å²) in [7, 11) is 0. The number of aliphatic hydroxyl groups excluding tert-OH is 1. The van der Waals surface area contributed by atoms with Crippen LogP contribution in [-0.4, -0.2) is 42.8 Å². The molecule has 1 heterocycles. The van der Waals surface area contributed by atoms with E-state index in [4.69, 9.17) is 9.84 Å². The van der Waals surface area contributed by atoms with E-state index in [-0.39, 0.29) is 6.61 Å². The van der Waals surface area contributed by atoms with Crippen LogP contribution in [0.1, 0.15) is 12.8 Å². The molecule has 0 unspecified atom stereocenters. The Bertz CT molecular complexity index is 205. The highest BCUT2D eigenvalue weighted by Crippen LogP contribution is 2.20. The maximum Gasteiger partial charge on any atom is 0.315 e. The molecule has 0 aliphatic carbocycles. The molecule has 4 nitrogen and oxygen atoms in total. The Morgan fingerprint density at radius 3 is 2.50 bits per heavy atom. The van der Waals surface area contributed by atoms with Crippen LogP contribution in [0.25, 0.3) is 0 Å². The van der Waals surface area contributed by atoms with Crippen LogP contribution in [0.4, 0.5) is 8.78 Å². The fraction of sp³-hybridized carbons (Fsp3) is 0.875. The van der Waals surface area contributed by atoms with Crippen molar-refractivity contribution in [2.75, 3.05) is 19.8 Å². The number of rotatable bonds is 3. The molecule has 1 aliphatic rings. The second kappa shape index (κ2) is 4.65. The van der Waals surface area contributed by atoms with Crippen LogP contribution in [0.15, 0.2) is 0 Å². The van der Waals surface area contributed by atoms with E-state index in [9.17, 15) is 13.6 Å². The SMILES string of the molecule is O=C(NC1(CO)CCOCC1)C(F)F. The number of nitrogens with one attached hydrogen (secondary N) is 1. The maximum absolute atomic E-state index is 12.0. The Morgan fingerprint density at radius 2 is 2.07 bits per heavy atom. The zero-order valence-electron chi connectivity index (χ0n) is 7.63. The summed E-state index contributed by atoms with van der Waals surface area (Å²) in [6.07, 6.45) is -2.31. The summed E-state index contributed by atoms with van der Waals surface area (Å²) in [5.41, 5.74) is -0.925. The van der Waals surface area contributed by atoms with Gasteiger partial charge in [0.25, 0.3) is 5.91 Å². The van der Waals surface area contributed by atoms with E-state index in [2.05, 4.69) is 5.32 Å². The molecule has 6 heteroatoms. The molecule has 14 heavy (non-hydrogen) atoms. The van der Waals surface area contributed by atoms with Crippen molar-refractivity contribution in [2.45, 2.75) is 24.8 Å². The molecule has 1 rings (SSSR count). The van der Waals surface area contributed by atoms with E-state index >= 15 is 0 Å². The molecular weight excluding hydrogens is 196 g/mol. The molecular formula is C8H13F2NO3. The highest BCUT2D eigenvalue weighted by molar-refractivity contribution is 5.79. The summed E-state index contributed by atoms with van der Waals surface area (Å²) >= 11 is 0. The first-order valence-electron chi connectivity index (χ1n) is 4.38. The summed E-state index contributed by atoms with van der Waals surface area (Å²) in [5.74, 6) is -1.33. The summed E-state index contributed by atoms with van der Waals surface area (Å²) < 4.78 is 28.9. The van der Waals surface area contributed by atoms with E-state index in [1.807, 2.05) is 0 Å². The lowest BCUT2D eigenvalue weighted by molar-refractivity contribution is -0.136. The number of carbonyl (C=O) groups excluding carboxylic acids is 1. The van der Waals surface area contributed by atoms with Crippen molar-refractivity contribution in [1.29, 1.82) is 0 Å². The Balaban J connectivity index is 2.56. The van der Waals surface area contributed by atoms with Crippen molar-refractivity contribution in [2.24, 2.45) is 0 Å². The van der Waals surface area contributed by atoms with Crippen molar-refractivity contribution < 1.29 is 23.4 Å². The fourth-order valence-corrected chi connectivity index (χ4v) is 1.40. The van der Waals surface area contributed by atoms with E-state index in [0.29, 0.717) is 26.1 Å². The van der Waals surface area contributed by atoms with Gasteiger partial charge in [-0.15, -0.1) is 0 Å². The normalized spacial score (nSPS) is 20.9. The first-order valence-corrected chi connectivity index (χ1v) is 4.38. The maximum atomic E-state index is 12.0. The van der Waals surface area contributed by atoms with E-state index in [1.165, 1.54) is 0 Å². The lowest BCUT2D eigenvalue weighted by Crippen LogP contribution is -2.56. The van der Waals surface area contributed by atoms with Crippen LogP contribution in [0.3, 0.4) is 0 Å². The van der Waals surface area contributed by atoms with E-state index < -0.39 is 17.9 Å². The third kappa shape index (κ3) is 2.62. The molecule has 0 atom stereocenters. The van der Waals surface area contributed by atoms with E-state index in [1.54, 1.807) is 0 Å². The van der Waals surface area contributed by atoms with Gasteiger partial charge < -0.3 is 15.2 Å². The van der Waals surface area contributed by atoms with Gasteiger partial charge in [-0.1, -0.05) is 0 Å². The zero-order valence-corrected chi connectivity index (χ0v) is 7.63. The number of halogens is 2. The Morgan fingerprint density at radius 1 is 1.50 bits per heavy atom. The average Bonchev–Trinajstić information content (AvgIpc) is 2.19. The summed E-state index contributed by atoms with van der Waals surface area (Å²) in [6.45, 7) is 0.392. The molecule has 1 amide bonds. The van der Waals surface area contributed by atoms with Gasteiger partial charge in [0.1, 0.15) is 0 Å². The second-order valence-corrected chi connectivity index (χ2v) is 3.34. The minimum atomic E-state index is -3.04. The van der Waals surface area contributed by atoms with Crippen molar-refractivity contribution in [3.05, 3.63) is 0 Å². The van der Waals surface area contributed by atoms with Gasteiger partial charge >= 0.3 is 6.43 Å². The number of alkyl halides is 2. The topological polar surface area (TPSA) is 58.6 Å². The Labute approximate surface area is 80.2 Å². The Kier molecular flexibility index (Phi) is 3.77. The molecule has 2 N–H and O–H groups in total. The van der Waals surface area contributed by atoms with Gasteiger partial charge in [-0.05, 0) is 12.8 Å². The predicted molar refractivity (Wildman–Crippen MR) is 44.0 cm³/mol. The Hall–Kier alpha value is -0.750. The van der Waals surface area contributed by atoms with Crippen LogP contribution >= 0.6 is 0 Å². The first kappa shape index (κ1) is 11.3. The molecule has 1 aliphatic heterocycles. The standard InChI is InChI=1S/C8H13F2NO3/c9-6(10)7(13)11-8(5-12)1-3-14-4-2-8/h6,12H,1-5H2,(H,11,13). The van der Waals surface area contributed by atoms with Gasteiger partial charge in [-0.25, -0.2) is 0 Å². The van der Waals surface area contributed by atoms with Crippen molar-refractivity contribution >= 4 is 5.91 Å². The smallest absolute Gasteiger partial charge is 0.315 e. The molecule has 0 spiro atoms. The monoisotopic (exact) mass is 209 g/mol. The third-order valence-electron chi connectivity index (χ3n) is 2.34. The van der Waals surface area contributed by atoms with Gasteiger partial charge in [0.2, 0.25) is 0 Å². The highest BCUT2D eigenvalue weighted by atomic mass is 19.3. The number of amides is 1. The van der Waals surface area contributed by atoms with Crippen LogP contribution in [0.2, 0.25) is 0 Å². The van der Waals surface area contributed by atoms with Crippen LogP contribution in [0, 0.1) is 0 Å². The van der Waals surface area contributed by atoms with Crippen LogP contribution < -0.4 is 5.32 Å². The lowest BCUT2D eigenvalue weighted by atomic mass is 9.91. The van der Waals surface area contributed by atoms with Gasteiger partial charge in [-0.2, -0.15) is 8.78 Å². The van der Waals surface area contributed by atoms with Crippen molar-refractivity contribution in [1.82, 2.24) is 5.32 Å². The molecule has 0 aromatic heterocycles. The quantitative estimate of drug-likeness (QED) is 0.683. The predicted octanol–water partition coefficient (Wildman–Crippen LogP) is -0.0908. The van der Waals surface area contributed by atoms with Gasteiger partial charge in [-0.3, -0.25) is 4.79 Å². The molecule has 0 aromatic rings. The molecule has 0 aromatic carbocycles. The largest absolute Gasteiger partial charge is 0.394 e. The first-order chi connectivity index (χ1) is 6.59. The fourth-order valence-electron chi connectivity index (χ4n) is 1.40. The molecule has 1 fully saturated rings. The van der Waals surface area contributed by atoms with E-state index in [0.717, 1.165) is 0 Å². The number of aliphatic hydroxyl groups is 1. The summed E-state index contributed by atoms with van der Waals surface area (Å²) in [6, 6.07) is 0. The van der Waals surface area contributed by atoms with Crippen molar-refractivity contribution in [3.8, 4) is 0 Å². The third-order valence-corrected chi connectivity index (χ3v) is 2.34. The zero-order chi connectivity index (χ0) is 10.6. The van der Waals surface area contributed by atoms with Crippen molar-refractivity contribution in [3.63, 3.8) is 0 Å². The highest BCUT2D eigenvalue weighted by Gasteiger charge is 2.35. The molecule has 0 radical (unpaired) electrons. The number of hydrogen-bond acceptors (Lipinski definition) is 3. The van der Waals surface area contributed by atoms with Gasteiger partial charge in [0, 0.05) is 13.2 Å². The molecule has 1 saturated heterocycles. The number of carbonyl (C=O) groups is 1. The van der Waals surface area contributed by atoms with Crippen LogP contribution in [-0.2, 0) is 9.53 Å². The minimum absolute atomic E-state index is 0.338. The number of ether oxygens (including phenoxy) is 1.